The summed E-state index contributed by atoms with van der Waals surface area (Å²) < 4.78 is 0. The van der Waals surface area contributed by atoms with Gasteiger partial charge in [-0.15, -0.1) is 0 Å². The van der Waals surface area contributed by atoms with E-state index >= 15 is 0 Å². The smallest absolute Gasteiger partial charge is 0.0570 e. The topological polar surface area (TPSA) is 26.7 Å². The molecule has 0 bridgehead atoms. The van der Waals surface area contributed by atoms with Crippen LogP contribution in [-0.4, -0.2) is 60.3 Å². The molecule has 16 heavy (non-hydrogen) atoms. The van der Waals surface area contributed by atoms with E-state index in [0.717, 1.165) is 12.8 Å². The fraction of sp³-hybridized carbons (Fsp3) is 1.00. The van der Waals surface area contributed by atoms with E-state index in [4.69, 9.17) is 0 Å². The molecule has 3 heteroatoms. The van der Waals surface area contributed by atoms with Gasteiger partial charge in [0, 0.05) is 12.1 Å². The van der Waals surface area contributed by atoms with Gasteiger partial charge in [0.1, 0.15) is 0 Å². The first kappa shape index (κ1) is 12.3. The third-order valence-electron chi connectivity index (χ3n) is 4.43. The summed E-state index contributed by atoms with van der Waals surface area (Å²) in [5.74, 6) is 0. The van der Waals surface area contributed by atoms with Gasteiger partial charge in [-0.2, -0.15) is 0 Å². The molecule has 2 fully saturated rings. The van der Waals surface area contributed by atoms with Gasteiger partial charge in [0.25, 0.3) is 0 Å². The molecule has 0 aliphatic carbocycles. The molecule has 0 aromatic carbocycles. The van der Waals surface area contributed by atoms with E-state index in [1.807, 2.05) is 0 Å². The number of nitrogens with zero attached hydrogens (tertiary/aromatic N) is 2. The van der Waals surface area contributed by atoms with Crippen LogP contribution in [0.2, 0.25) is 0 Å². The van der Waals surface area contributed by atoms with Gasteiger partial charge in [0.05, 0.1) is 6.10 Å². The Morgan fingerprint density at radius 3 is 1.75 bits per heavy atom. The number of aliphatic hydroxyl groups is 1. The van der Waals surface area contributed by atoms with Gasteiger partial charge in [-0.25, -0.2) is 0 Å². The molecule has 2 saturated heterocycles. The number of aliphatic hydroxyl groups excluding tert-OH is 1. The summed E-state index contributed by atoms with van der Waals surface area (Å²) in [7, 11) is 4.37. The van der Waals surface area contributed by atoms with Crippen molar-refractivity contribution in [2.75, 3.05) is 27.2 Å². The van der Waals surface area contributed by atoms with Crippen molar-refractivity contribution in [2.24, 2.45) is 0 Å². The Bertz CT molecular complexity index is 200. The third kappa shape index (κ3) is 2.96. The highest BCUT2D eigenvalue weighted by Crippen LogP contribution is 2.24. The van der Waals surface area contributed by atoms with Gasteiger partial charge in [0.2, 0.25) is 0 Å². The van der Waals surface area contributed by atoms with Crippen molar-refractivity contribution >= 4 is 0 Å². The van der Waals surface area contributed by atoms with Crippen molar-refractivity contribution in [3.05, 3.63) is 0 Å². The molecule has 0 saturated carbocycles. The Balaban J connectivity index is 1.73. The van der Waals surface area contributed by atoms with Crippen molar-refractivity contribution in [3.8, 4) is 0 Å². The maximum Gasteiger partial charge on any atom is 0.0570 e. The van der Waals surface area contributed by atoms with E-state index in [0.29, 0.717) is 12.1 Å². The van der Waals surface area contributed by atoms with Crippen LogP contribution in [0.4, 0.5) is 0 Å². The van der Waals surface area contributed by atoms with Crippen molar-refractivity contribution < 1.29 is 5.11 Å². The zero-order valence-electron chi connectivity index (χ0n) is 10.7. The normalized spacial score (nSPS) is 34.7. The lowest BCUT2D eigenvalue weighted by Gasteiger charge is -2.26. The average Bonchev–Trinajstić information content (AvgIpc) is 2.79. The van der Waals surface area contributed by atoms with Crippen LogP contribution in [0.25, 0.3) is 0 Å². The summed E-state index contributed by atoms with van der Waals surface area (Å²) >= 11 is 0. The van der Waals surface area contributed by atoms with Crippen molar-refractivity contribution in [1.82, 2.24) is 9.80 Å². The lowest BCUT2D eigenvalue weighted by molar-refractivity contribution is 0.0961. The molecule has 1 N–H and O–H groups in total. The molecule has 0 aromatic rings. The Hall–Kier alpha value is -0.120. The zero-order valence-corrected chi connectivity index (χ0v) is 10.7. The van der Waals surface area contributed by atoms with E-state index in [1.165, 1.54) is 38.8 Å². The maximum absolute atomic E-state index is 10.2. The molecule has 2 heterocycles. The average molecular weight is 226 g/mol. The lowest BCUT2D eigenvalue weighted by atomic mass is 10.00. The second-order valence-electron chi connectivity index (χ2n) is 5.68. The summed E-state index contributed by atoms with van der Waals surface area (Å²) in [5, 5.41) is 10.2. The summed E-state index contributed by atoms with van der Waals surface area (Å²) in [5.41, 5.74) is 0. The van der Waals surface area contributed by atoms with Gasteiger partial charge < -0.3 is 14.9 Å². The summed E-state index contributed by atoms with van der Waals surface area (Å²) in [6, 6.07) is 1.25. The minimum atomic E-state index is -0.101. The number of hydrogen-bond donors (Lipinski definition) is 1. The molecule has 1 unspecified atom stereocenters. The van der Waals surface area contributed by atoms with Crippen LogP contribution >= 0.6 is 0 Å². The quantitative estimate of drug-likeness (QED) is 0.783. The molecule has 2 rings (SSSR count). The Morgan fingerprint density at radius 2 is 1.44 bits per heavy atom. The second kappa shape index (κ2) is 5.48. The Morgan fingerprint density at radius 1 is 1.00 bits per heavy atom. The zero-order chi connectivity index (χ0) is 11.5. The molecule has 3 atom stereocenters. The van der Waals surface area contributed by atoms with Crippen LogP contribution in [0.1, 0.15) is 38.5 Å². The number of rotatable bonds is 4. The minimum Gasteiger partial charge on any atom is -0.393 e. The van der Waals surface area contributed by atoms with Gasteiger partial charge in [-0.1, -0.05) is 0 Å². The van der Waals surface area contributed by atoms with Crippen molar-refractivity contribution in [1.29, 1.82) is 0 Å². The number of hydrogen-bond acceptors (Lipinski definition) is 3. The van der Waals surface area contributed by atoms with Crippen LogP contribution in [0, 0.1) is 0 Å². The van der Waals surface area contributed by atoms with E-state index in [-0.39, 0.29) is 6.10 Å². The standard InChI is InChI=1S/C13H26N2O/c1-14-7-3-5-11(14)9-13(16)10-12-6-4-8-15(12)2/h11-13,16H,3-10H2,1-2H3/t11-,12+,13?. The summed E-state index contributed by atoms with van der Waals surface area (Å²) in [6.45, 7) is 2.42. The largest absolute Gasteiger partial charge is 0.393 e. The maximum atomic E-state index is 10.2. The van der Waals surface area contributed by atoms with Crippen LogP contribution in [-0.2, 0) is 0 Å². The predicted molar refractivity (Wildman–Crippen MR) is 66.5 cm³/mol. The molecule has 94 valence electrons. The molecule has 0 aromatic heterocycles. The molecular formula is C13H26N2O. The Kier molecular flexibility index (Phi) is 4.22. The van der Waals surface area contributed by atoms with E-state index < -0.39 is 0 Å². The monoisotopic (exact) mass is 226 g/mol. The third-order valence-corrected chi connectivity index (χ3v) is 4.43. The first-order valence-corrected chi connectivity index (χ1v) is 6.75. The van der Waals surface area contributed by atoms with Crippen LogP contribution in [0.5, 0.6) is 0 Å². The minimum absolute atomic E-state index is 0.101. The first-order valence-electron chi connectivity index (χ1n) is 6.75. The second-order valence-corrected chi connectivity index (χ2v) is 5.68. The van der Waals surface area contributed by atoms with E-state index in [1.54, 1.807) is 0 Å². The molecular weight excluding hydrogens is 200 g/mol. The van der Waals surface area contributed by atoms with Crippen LogP contribution in [0.3, 0.4) is 0 Å². The first-order chi connectivity index (χ1) is 7.66. The van der Waals surface area contributed by atoms with E-state index in [2.05, 4.69) is 23.9 Å². The summed E-state index contributed by atoms with van der Waals surface area (Å²) in [4.78, 5) is 4.81. The van der Waals surface area contributed by atoms with Gasteiger partial charge in [0.15, 0.2) is 0 Å². The lowest BCUT2D eigenvalue weighted by Crippen LogP contribution is -2.33. The van der Waals surface area contributed by atoms with Gasteiger partial charge in [-0.3, -0.25) is 0 Å². The molecule has 0 amide bonds. The predicted octanol–water partition coefficient (Wildman–Crippen LogP) is 1.32. The molecule has 2 aliphatic rings. The van der Waals surface area contributed by atoms with Gasteiger partial charge >= 0.3 is 0 Å². The highest BCUT2D eigenvalue weighted by Gasteiger charge is 2.27. The van der Waals surface area contributed by atoms with Crippen molar-refractivity contribution in [3.63, 3.8) is 0 Å². The number of likely N-dealkylation sites (tertiary alicyclic amines) is 2. The van der Waals surface area contributed by atoms with Gasteiger partial charge in [-0.05, 0) is 65.7 Å². The van der Waals surface area contributed by atoms with Crippen LogP contribution in [0.15, 0.2) is 0 Å². The highest BCUT2D eigenvalue weighted by atomic mass is 16.3. The van der Waals surface area contributed by atoms with Crippen LogP contribution < -0.4 is 0 Å². The fourth-order valence-electron chi connectivity index (χ4n) is 3.28. The fourth-order valence-corrected chi connectivity index (χ4v) is 3.28. The Labute approximate surface area is 99.4 Å². The van der Waals surface area contributed by atoms with E-state index in [9.17, 15) is 5.11 Å². The molecule has 0 spiro atoms. The SMILES string of the molecule is CN1CCC[C@@H]1CC(O)C[C@@H]1CCCN1C. The molecule has 2 aliphatic heterocycles. The summed E-state index contributed by atoms with van der Waals surface area (Å²) in [6.07, 6.45) is 6.99. The van der Waals surface area contributed by atoms with Crippen molar-refractivity contribution in [2.45, 2.75) is 56.7 Å². The molecule has 0 radical (unpaired) electrons. The highest BCUT2D eigenvalue weighted by molar-refractivity contribution is 4.83. The molecule has 3 nitrogen and oxygen atoms in total.